The summed E-state index contributed by atoms with van der Waals surface area (Å²) in [5.41, 5.74) is 2.75. The number of rotatable bonds is 3. The predicted molar refractivity (Wildman–Crippen MR) is 85.6 cm³/mol. The van der Waals surface area contributed by atoms with Crippen molar-refractivity contribution in [2.24, 2.45) is 0 Å². The lowest BCUT2D eigenvalue weighted by molar-refractivity contribution is 0.415. The van der Waals surface area contributed by atoms with Crippen molar-refractivity contribution in [2.45, 2.75) is 0 Å². The number of methoxy groups -OCH3 is 1. The predicted octanol–water partition coefficient (Wildman–Crippen LogP) is 4.85. The number of nitrogens with zero attached hydrogens (tertiary/aromatic N) is 2. The number of benzene rings is 2. The Morgan fingerprint density at radius 2 is 1.62 bits per heavy atom. The van der Waals surface area contributed by atoms with Gasteiger partial charge in [0.15, 0.2) is 5.15 Å². The van der Waals surface area contributed by atoms with Gasteiger partial charge in [-0.25, -0.2) is 4.98 Å². The standard InChI is InChI=1S/C16H12Cl2N2O/c1-21-14-8-2-11(3-9-14)15-16(18)19-10-20(15)13-6-4-12(17)5-7-13/h2-10H,1H3. The summed E-state index contributed by atoms with van der Waals surface area (Å²) in [6, 6.07) is 15.2. The van der Waals surface area contributed by atoms with Crippen LogP contribution in [-0.2, 0) is 0 Å². The highest BCUT2D eigenvalue weighted by atomic mass is 35.5. The van der Waals surface area contributed by atoms with Crippen molar-refractivity contribution >= 4 is 23.2 Å². The Labute approximate surface area is 132 Å². The van der Waals surface area contributed by atoms with E-state index in [1.807, 2.05) is 53.1 Å². The van der Waals surface area contributed by atoms with E-state index in [4.69, 9.17) is 27.9 Å². The molecule has 0 radical (unpaired) electrons. The van der Waals surface area contributed by atoms with Gasteiger partial charge in [-0.15, -0.1) is 0 Å². The lowest BCUT2D eigenvalue weighted by Crippen LogP contribution is -1.95. The summed E-state index contributed by atoms with van der Waals surface area (Å²) in [6.45, 7) is 0. The first kappa shape index (κ1) is 14.0. The van der Waals surface area contributed by atoms with Crippen molar-refractivity contribution in [3.05, 3.63) is 65.0 Å². The van der Waals surface area contributed by atoms with Crippen LogP contribution in [0.15, 0.2) is 54.9 Å². The van der Waals surface area contributed by atoms with Crippen LogP contribution in [0, 0.1) is 0 Å². The summed E-state index contributed by atoms with van der Waals surface area (Å²) in [5, 5.41) is 1.14. The van der Waals surface area contributed by atoms with E-state index < -0.39 is 0 Å². The summed E-state index contributed by atoms with van der Waals surface area (Å²) in [4.78, 5) is 4.20. The van der Waals surface area contributed by atoms with Gasteiger partial charge >= 0.3 is 0 Å². The molecular weight excluding hydrogens is 307 g/mol. The highest BCUT2D eigenvalue weighted by Gasteiger charge is 2.13. The first-order valence-corrected chi connectivity index (χ1v) is 7.08. The second kappa shape index (κ2) is 5.80. The minimum Gasteiger partial charge on any atom is -0.497 e. The molecule has 0 aliphatic rings. The van der Waals surface area contributed by atoms with E-state index in [0.29, 0.717) is 10.2 Å². The van der Waals surface area contributed by atoms with Gasteiger partial charge in [-0.1, -0.05) is 23.2 Å². The molecule has 0 atom stereocenters. The van der Waals surface area contributed by atoms with Crippen molar-refractivity contribution in [3.63, 3.8) is 0 Å². The smallest absolute Gasteiger partial charge is 0.155 e. The fourth-order valence-electron chi connectivity index (χ4n) is 2.13. The van der Waals surface area contributed by atoms with Crippen LogP contribution in [0.5, 0.6) is 5.75 Å². The molecule has 0 aliphatic carbocycles. The Hall–Kier alpha value is -1.97. The molecule has 0 spiro atoms. The lowest BCUT2D eigenvalue weighted by Gasteiger charge is -2.09. The highest BCUT2D eigenvalue weighted by Crippen LogP contribution is 2.31. The van der Waals surface area contributed by atoms with Gasteiger partial charge in [-0.05, 0) is 48.5 Å². The highest BCUT2D eigenvalue weighted by molar-refractivity contribution is 6.32. The van der Waals surface area contributed by atoms with Crippen LogP contribution >= 0.6 is 23.2 Å². The number of hydrogen-bond acceptors (Lipinski definition) is 2. The maximum atomic E-state index is 6.25. The van der Waals surface area contributed by atoms with E-state index in [0.717, 1.165) is 22.7 Å². The average molecular weight is 319 g/mol. The van der Waals surface area contributed by atoms with E-state index in [9.17, 15) is 0 Å². The van der Waals surface area contributed by atoms with Crippen molar-refractivity contribution in [3.8, 4) is 22.7 Å². The van der Waals surface area contributed by atoms with Gasteiger partial charge in [-0.3, -0.25) is 4.57 Å². The largest absolute Gasteiger partial charge is 0.497 e. The number of halogens is 2. The first-order valence-electron chi connectivity index (χ1n) is 6.32. The molecule has 0 amide bonds. The zero-order valence-corrected chi connectivity index (χ0v) is 12.8. The SMILES string of the molecule is COc1ccc(-c2c(Cl)ncn2-c2ccc(Cl)cc2)cc1. The topological polar surface area (TPSA) is 27.1 Å². The van der Waals surface area contributed by atoms with Crippen molar-refractivity contribution in [1.82, 2.24) is 9.55 Å². The van der Waals surface area contributed by atoms with Crippen LogP contribution in [0.25, 0.3) is 16.9 Å². The summed E-state index contributed by atoms with van der Waals surface area (Å²) in [7, 11) is 1.64. The second-order valence-corrected chi connectivity index (χ2v) is 5.25. The molecule has 0 saturated heterocycles. The van der Waals surface area contributed by atoms with Crippen LogP contribution in [-0.4, -0.2) is 16.7 Å². The molecule has 106 valence electrons. The average Bonchev–Trinajstić information content (AvgIpc) is 2.90. The maximum Gasteiger partial charge on any atom is 0.155 e. The summed E-state index contributed by atoms with van der Waals surface area (Å²) >= 11 is 12.2. The molecule has 0 unspecified atom stereocenters. The second-order valence-electron chi connectivity index (χ2n) is 4.46. The van der Waals surface area contributed by atoms with Crippen LogP contribution in [0.4, 0.5) is 0 Å². The monoisotopic (exact) mass is 318 g/mol. The molecule has 3 aromatic rings. The van der Waals surface area contributed by atoms with E-state index in [-0.39, 0.29) is 0 Å². The van der Waals surface area contributed by atoms with Gasteiger partial charge in [0, 0.05) is 16.3 Å². The number of ether oxygens (including phenoxy) is 1. The molecule has 1 aromatic heterocycles. The fraction of sp³-hybridized carbons (Fsp3) is 0.0625. The third-order valence-corrected chi connectivity index (χ3v) is 3.72. The summed E-state index contributed by atoms with van der Waals surface area (Å²) < 4.78 is 7.11. The van der Waals surface area contributed by atoms with Crippen LogP contribution in [0.1, 0.15) is 0 Å². The molecule has 3 nitrogen and oxygen atoms in total. The maximum absolute atomic E-state index is 6.25. The molecule has 2 aromatic carbocycles. The zero-order chi connectivity index (χ0) is 14.8. The van der Waals surface area contributed by atoms with E-state index in [1.165, 1.54) is 0 Å². The molecule has 0 saturated carbocycles. The minimum absolute atomic E-state index is 0.454. The molecular formula is C16H12Cl2N2O. The Morgan fingerprint density at radius 3 is 2.24 bits per heavy atom. The lowest BCUT2D eigenvalue weighted by atomic mass is 10.1. The molecule has 0 aliphatic heterocycles. The third-order valence-electron chi connectivity index (χ3n) is 3.19. The summed E-state index contributed by atoms with van der Waals surface area (Å²) in [6.07, 6.45) is 1.70. The van der Waals surface area contributed by atoms with Crippen molar-refractivity contribution < 1.29 is 4.74 Å². The molecule has 0 fully saturated rings. The molecule has 0 N–H and O–H groups in total. The quantitative estimate of drug-likeness (QED) is 0.690. The van der Waals surface area contributed by atoms with Gasteiger partial charge in [0.25, 0.3) is 0 Å². The first-order chi connectivity index (χ1) is 10.2. The number of aromatic nitrogens is 2. The van der Waals surface area contributed by atoms with Crippen LogP contribution in [0.2, 0.25) is 10.2 Å². The molecule has 0 bridgehead atoms. The molecule has 1 heterocycles. The van der Waals surface area contributed by atoms with Gasteiger partial charge in [0.2, 0.25) is 0 Å². The van der Waals surface area contributed by atoms with Gasteiger partial charge < -0.3 is 4.74 Å². The van der Waals surface area contributed by atoms with E-state index in [1.54, 1.807) is 13.4 Å². The third kappa shape index (κ3) is 2.75. The van der Waals surface area contributed by atoms with Crippen molar-refractivity contribution in [2.75, 3.05) is 7.11 Å². The Kier molecular flexibility index (Phi) is 3.86. The Bertz CT molecular complexity index is 749. The number of imidazole rings is 1. The summed E-state index contributed by atoms with van der Waals surface area (Å²) in [5.74, 6) is 0.799. The van der Waals surface area contributed by atoms with Crippen molar-refractivity contribution in [1.29, 1.82) is 0 Å². The van der Waals surface area contributed by atoms with Crippen LogP contribution in [0.3, 0.4) is 0 Å². The Morgan fingerprint density at radius 1 is 0.952 bits per heavy atom. The molecule has 21 heavy (non-hydrogen) atoms. The van der Waals surface area contributed by atoms with Gasteiger partial charge in [0.1, 0.15) is 12.1 Å². The van der Waals surface area contributed by atoms with Crippen LogP contribution < -0.4 is 4.74 Å². The zero-order valence-electron chi connectivity index (χ0n) is 11.3. The molecule has 5 heteroatoms. The van der Waals surface area contributed by atoms with E-state index >= 15 is 0 Å². The van der Waals surface area contributed by atoms with Gasteiger partial charge in [0.05, 0.1) is 12.8 Å². The minimum atomic E-state index is 0.454. The normalized spacial score (nSPS) is 10.6. The van der Waals surface area contributed by atoms with E-state index in [2.05, 4.69) is 4.98 Å². The molecule has 3 rings (SSSR count). The fourth-order valence-corrected chi connectivity index (χ4v) is 2.50. The van der Waals surface area contributed by atoms with Gasteiger partial charge in [-0.2, -0.15) is 0 Å². The number of hydrogen-bond donors (Lipinski definition) is 0. The Balaban J connectivity index is 2.09.